The molecule has 0 atom stereocenters. The third-order valence-electron chi connectivity index (χ3n) is 4.42. The Hall–Kier alpha value is -2.66. The summed E-state index contributed by atoms with van der Waals surface area (Å²) in [5.41, 5.74) is 1.66. The van der Waals surface area contributed by atoms with E-state index in [2.05, 4.69) is 16.5 Å². The lowest BCUT2D eigenvalue weighted by Crippen LogP contribution is -1.91. The molecule has 4 aromatic rings. The van der Waals surface area contributed by atoms with Crippen LogP contribution in [0.2, 0.25) is 10.3 Å². The Morgan fingerprint density at radius 2 is 1.35 bits per heavy atom. The summed E-state index contributed by atoms with van der Waals surface area (Å²) in [7, 11) is 0. The molecule has 2 aromatic heterocycles. The average Bonchev–Trinajstić information content (AvgIpc) is 2.73. The second-order valence-electron chi connectivity index (χ2n) is 6.55. The normalized spacial score (nSPS) is 10.1. The molecule has 0 saturated heterocycles. The highest BCUT2D eigenvalue weighted by Crippen LogP contribution is 2.22. The summed E-state index contributed by atoms with van der Waals surface area (Å²) in [5, 5.41) is 4.96. The number of hydrogen-bond donors (Lipinski definition) is 0. The average molecular weight is 476 g/mol. The molecule has 0 aliphatic heterocycles. The molecule has 4 nitrogen and oxygen atoms in total. The van der Waals surface area contributed by atoms with Gasteiger partial charge in [-0.2, -0.15) is 0 Å². The maximum Gasteiger partial charge on any atom is 0.159 e. The van der Waals surface area contributed by atoms with Gasteiger partial charge in [0.15, 0.2) is 5.78 Å². The predicted molar refractivity (Wildman–Crippen MR) is 131 cm³/mol. The van der Waals surface area contributed by atoms with Crippen molar-refractivity contribution in [3.05, 3.63) is 88.9 Å². The van der Waals surface area contributed by atoms with Gasteiger partial charge in [-0.3, -0.25) is 4.79 Å². The molecule has 2 aromatic carbocycles. The number of hydrogen-bond acceptors (Lipinski definition) is 4. The van der Waals surface area contributed by atoms with E-state index in [1.54, 1.807) is 31.5 Å². The number of ether oxygens (including phenoxy) is 1. The van der Waals surface area contributed by atoms with Crippen molar-refractivity contribution in [3.63, 3.8) is 0 Å². The Kier molecular flexibility index (Phi) is 8.81. The molecule has 0 unspecified atom stereocenters. The van der Waals surface area contributed by atoms with E-state index in [4.69, 9.17) is 27.9 Å². The van der Waals surface area contributed by atoms with E-state index >= 15 is 0 Å². The van der Waals surface area contributed by atoms with Gasteiger partial charge in [0.2, 0.25) is 0 Å². The van der Waals surface area contributed by atoms with Crippen LogP contribution in [0, 0.1) is 0 Å². The van der Waals surface area contributed by atoms with E-state index in [0.717, 1.165) is 27.1 Å². The molecule has 0 saturated carbocycles. The quantitative estimate of drug-likeness (QED) is 0.175. The van der Waals surface area contributed by atoms with E-state index in [1.165, 1.54) is 0 Å². The highest BCUT2D eigenvalue weighted by atomic mass is 35.5. The number of fused-ring (bicyclic) bond motifs is 2. The Balaban J connectivity index is 0.000000215. The zero-order valence-corrected chi connectivity index (χ0v) is 19.4. The smallest absolute Gasteiger partial charge is 0.159 e. The van der Waals surface area contributed by atoms with Crippen molar-refractivity contribution in [3.8, 4) is 0 Å². The largest absolute Gasteiger partial charge is 0.494 e. The Bertz CT molecular complexity index is 1240. The first-order valence-corrected chi connectivity index (χ1v) is 10.1. The van der Waals surface area contributed by atoms with E-state index in [9.17, 15) is 4.79 Å². The summed E-state index contributed by atoms with van der Waals surface area (Å²) >= 11 is 11.6. The summed E-state index contributed by atoms with van der Waals surface area (Å²) in [5.74, 6) is 0.733. The monoisotopic (exact) mass is 474 g/mol. The first kappa shape index (κ1) is 24.6. The van der Waals surface area contributed by atoms with Gasteiger partial charge >= 0.3 is 0 Å². The van der Waals surface area contributed by atoms with Gasteiger partial charge in [0.25, 0.3) is 0 Å². The summed E-state index contributed by atoms with van der Waals surface area (Å²) in [6.45, 7) is 7.98. The number of benzene rings is 2. The molecule has 4 rings (SSSR count). The first-order chi connectivity index (χ1) is 14.4. The molecule has 0 aliphatic carbocycles. The second-order valence-corrected chi connectivity index (χ2v) is 7.32. The van der Waals surface area contributed by atoms with Gasteiger partial charge in [-0.15, -0.1) is 12.4 Å². The highest BCUT2D eigenvalue weighted by Gasteiger charge is 2.03. The van der Waals surface area contributed by atoms with Crippen LogP contribution in [0.1, 0.15) is 29.8 Å². The van der Waals surface area contributed by atoms with Crippen LogP contribution in [0.3, 0.4) is 0 Å². The van der Waals surface area contributed by atoms with Gasteiger partial charge in [-0.25, -0.2) is 9.97 Å². The number of Topliss-reactive ketones (excluding diaryl/α,β-unsaturated/α-hetero) is 1. The summed E-state index contributed by atoms with van der Waals surface area (Å²) < 4.78 is 5.36. The van der Waals surface area contributed by atoms with Crippen molar-refractivity contribution < 1.29 is 9.53 Å². The van der Waals surface area contributed by atoms with Gasteiger partial charge < -0.3 is 4.74 Å². The number of pyridine rings is 2. The molecule has 0 fully saturated rings. The molecule has 0 amide bonds. The van der Waals surface area contributed by atoms with Gasteiger partial charge in [-0.05, 0) is 48.9 Å². The third kappa shape index (κ3) is 6.41. The molecule has 31 heavy (non-hydrogen) atoms. The van der Waals surface area contributed by atoms with Crippen LogP contribution in [0.25, 0.3) is 27.3 Å². The van der Waals surface area contributed by atoms with Crippen LogP contribution in [-0.4, -0.2) is 22.4 Å². The predicted octanol–water partition coefficient (Wildman–Crippen LogP) is 7.41. The molecule has 0 radical (unpaired) electrons. The Labute approximate surface area is 197 Å². The lowest BCUT2D eigenvalue weighted by atomic mass is 10.1. The fourth-order valence-corrected chi connectivity index (χ4v) is 3.21. The minimum Gasteiger partial charge on any atom is -0.494 e. The first-order valence-electron chi connectivity index (χ1n) is 9.31. The topological polar surface area (TPSA) is 52.1 Å². The third-order valence-corrected chi connectivity index (χ3v) is 4.84. The van der Waals surface area contributed by atoms with Crippen molar-refractivity contribution in [2.45, 2.75) is 13.8 Å². The van der Waals surface area contributed by atoms with E-state index in [1.807, 2.05) is 43.3 Å². The molecule has 160 valence electrons. The molecule has 0 N–H and O–H groups in total. The fourth-order valence-electron chi connectivity index (χ4n) is 2.88. The number of halogens is 3. The highest BCUT2D eigenvalue weighted by molar-refractivity contribution is 6.30. The number of carbonyl (C=O) groups is 1. The van der Waals surface area contributed by atoms with Crippen molar-refractivity contribution in [2.75, 3.05) is 6.61 Å². The Morgan fingerprint density at radius 3 is 1.84 bits per heavy atom. The van der Waals surface area contributed by atoms with Gasteiger partial charge in [0.1, 0.15) is 16.1 Å². The van der Waals surface area contributed by atoms with E-state index < -0.39 is 0 Å². The minimum atomic E-state index is 0. The lowest BCUT2D eigenvalue weighted by molar-refractivity contribution is 0.101. The standard InChI is InChI=1S/C13H12ClNO.C11H8ClNO.ClH/c1-3-16-9(2)10-4-5-11-8-15-13(14)7-12(11)6-10;1-7(14)8-2-3-9-6-13-11(12)5-10(9)4-8;/h4-8H,2-3H2,1H3;2-6H,1H3;1H. The number of nitrogens with zero attached hydrogens (tertiary/aromatic N) is 2. The summed E-state index contributed by atoms with van der Waals surface area (Å²) in [4.78, 5) is 19.1. The molecular weight excluding hydrogens is 455 g/mol. The van der Waals surface area contributed by atoms with Crippen LogP contribution in [0.5, 0.6) is 0 Å². The minimum absolute atomic E-state index is 0. The zero-order valence-electron chi connectivity index (χ0n) is 17.1. The molecular formula is C24H21Cl3N2O2. The zero-order chi connectivity index (χ0) is 21.7. The Morgan fingerprint density at radius 1 is 0.871 bits per heavy atom. The van der Waals surface area contributed by atoms with E-state index in [0.29, 0.717) is 28.2 Å². The molecule has 0 aliphatic rings. The van der Waals surface area contributed by atoms with Crippen molar-refractivity contribution >= 4 is 68.7 Å². The van der Waals surface area contributed by atoms with Gasteiger partial charge in [-0.1, -0.05) is 54.0 Å². The fraction of sp³-hybridized carbons (Fsp3) is 0.125. The van der Waals surface area contributed by atoms with Crippen LogP contribution < -0.4 is 0 Å². The molecule has 7 heteroatoms. The molecule has 2 heterocycles. The summed E-state index contributed by atoms with van der Waals surface area (Å²) in [6.07, 6.45) is 3.45. The second kappa shape index (κ2) is 11.1. The lowest BCUT2D eigenvalue weighted by Gasteiger charge is -2.07. The van der Waals surface area contributed by atoms with E-state index in [-0.39, 0.29) is 18.2 Å². The number of rotatable bonds is 4. The van der Waals surface area contributed by atoms with Crippen molar-refractivity contribution in [2.24, 2.45) is 0 Å². The molecule has 0 bridgehead atoms. The van der Waals surface area contributed by atoms with Crippen LogP contribution in [-0.2, 0) is 4.74 Å². The van der Waals surface area contributed by atoms with Crippen LogP contribution in [0.15, 0.2) is 67.5 Å². The molecule has 0 spiro atoms. The van der Waals surface area contributed by atoms with Gasteiger partial charge in [0.05, 0.1) is 6.61 Å². The van der Waals surface area contributed by atoms with Crippen molar-refractivity contribution in [1.29, 1.82) is 0 Å². The maximum atomic E-state index is 11.1. The maximum absolute atomic E-state index is 11.1. The van der Waals surface area contributed by atoms with Crippen LogP contribution in [0.4, 0.5) is 0 Å². The van der Waals surface area contributed by atoms with Gasteiger partial charge in [0, 0.05) is 34.3 Å². The SMILES string of the molecule is C=C(OCC)c1ccc2cnc(Cl)cc2c1.CC(=O)c1ccc2cnc(Cl)cc2c1.Cl. The van der Waals surface area contributed by atoms with Crippen molar-refractivity contribution in [1.82, 2.24) is 9.97 Å². The number of ketones is 1. The summed E-state index contributed by atoms with van der Waals surface area (Å²) in [6, 6.07) is 15.0. The number of carbonyl (C=O) groups excluding carboxylic acids is 1. The number of aromatic nitrogens is 2. The van der Waals surface area contributed by atoms with Crippen LogP contribution >= 0.6 is 35.6 Å².